The lowest BCUT2D eigenvalue weighted by Gasteiger charge is -2.09. The number of hydrogen-bond donors (Lipinski definition) is 2. The van der Waals surface area contributed by atoms with Gasteiger partial charge in [0.25, 0.3) is 0 Å². The summed E-state index contributed by atoms with van der Waals surface area (Å²) >= 11 is 5.55. The molecule has 1 aromatic carbocycles. The summed E-state index contributed by atoms with van der Waals surface area (Å²) in [4.78, 5) is 10.1. The zero-order valence-corrected chi connectivity index (χ0v) is 12.3. The third-order valence-electron chi connectivity index (χ3n) is 2.71. The van der Waals surface area contributed by atoms with Crippen LogP contribution in [0.2, 0.25) is 5.02 Å². The highest BCUT2D eigenvalue weighted by Crippen LogP contribution is 2.18. The maximum absolute atomic E-state index is 13.5. The van der Waals surface area contributed by atoms with Crippen molar-refractivity contribution < 1.29 is 22.7 Å². The molecule has 1 aromatic rings. The van der Waals surface area contributed by atoms with Crippen molar-refractivity contribution in [2.45, 2.75) is 24.7 Å². The van der Waals surface area contributed by atoms with Crippen LogP contribution in [0, 0.1) is 11.7 Å². The van der Waals surface area contributed by atoms with E-state index in [4.69, 9.17) is 16.7 Å². The van der Waals surface area contributed by atoms with Gasteiger partial charge in [0.15, 0.2) is 0 Å². The molecule has 0 spiro atoms. The largest absolute Gasteiger partial charge is 0.481 e. The Labute approximate surface area is 121 Å². The smallest absolute Gasteiger partial charge is 0.306 e. The summed E-state index contributed by atoms with van der Waals surface area (Å²) in [5.41, 5.74) is 0. The van der Waals surface area contributed by atoms with Gasteiger partial charge in [-0.05, 0) is 31.0 Å². The quantitative estimate of drug-likeness (QED) is 0.754. The lowest BCUT2D eigenvalue weighted by Crippen LogP contribution is -2.26. The average Bonchev–Trinajstić information content (AvgIpc) is 2.33. The molecule has 0 radical (unpaired) electrons. The first-order valence-electron chi connectivity index (χ1n) is 5.91. The third kappa shape index (κ3) is 4.73. The lowest BCUT2D eigenvalue weighted by molar-refractivity contribution is -0.141. The Kier molecular flexibility index (Phi) is 5.91. The molecule has 0 saturated heterocycles. The minimum Gasteiger partial charge on any atom is -0.481 e. The lowest BCUT2D eigenvalue weighted by atomic mass is 10.1. The maximum Gasteiger partial charge on any atom is 0.306 e. The zero-order chi connectivity index (χ0) is 15.3. The Bertz CT molecular complexity index is 591. The second-order valence-electron chi connectivity index (χ2n) is 4.35. The Morgan fingerprint density at radius 3 is 2.70 bits per heavy atom. The van der Waals surface area contributed by atoms with Crippen LogP contribution < -0.4 is 4.72 Å². The van der Waals surface area contributed by atoms with Gasteiger partial charge in [0.1, 0.15) is 10.7 Å². The van der Waals surface area contributed by atoms with E-state index in [1.54, 1.807) is 0 Å². The monoisotopic (exact) mass is 323 g/mol. The van der Waals surface area contributed by atoms with Gasteiger partial charge in [0.05, 0.1) is 5.92 Å². The van der Waals surface area contributed by atoms with Gasteiger partial charge in [-0.1, -0.05) is 18.5 Å². The number of nitrogens with one attached hydrogen (secondary N) is 1. The number of halogens is 2. The second kappa shape index (κ2) is 7.01. The van der Waals surface area contributed by atoms with Crippen LogP contribution in [0.25, 0.3) is 0 Å². The number of carboxylic acid groups (broad SMARTS) is 1. The molecule has 1 rings (SSSR count). The third-order valence-corrected chi connectivity index (χ3v) is 4.44. The molecule has 0 fully saturated rings. The van der Waals surface area contributed by atoms with Gasteiger partial charge in [-0.15, -0.1) is 0 Å². The van der Waals surface area contributed by atoms with E-state index in [9.17, 15) is 17.6 Å². The molecule has 5 nitrogen and oxygen atoms in total. The van der Waals surface area contributed by atoms with E-state index in [0.717, 1.165) is 12.1 Å². The number of benzene rings is 1. The second-order valence-corrected chi connectivity index (χ2v) is 6.53. The molecule has 112 valence electrons. The fourth-order valence-corrected chi connectivity index (χ4v) is 2.80. The van der Waals surface area contributed by atoms with E-state index in [2.05, 4.69) is 4.72 Å². The van der Waals surface area contributed by atoms with E-state index >= 15 is 0 Å². The van der Waals surface area contributed by atoms with Gasteiger partial charge in [0, 0.05) is 11.6 Å². The van der Waals surface area contributed by atoms with Crippen molar-refractivity contribution in [3.63, 3.8) is 0 Å². The van der Waals surface area contributed by atoms with E-state index < -0.39 is 32.6 Å². The van der Waals surface area contributed by atoms with Gasteiger partial charge in [-0.3, -0.25) is 4.79 Å². The molecule has 20 heavy (non-hydrogen) atoms. The topological polar surface area (TPSA) is 83.5 Å². The van der Waals surface area contributed by atoms with E-state index in [1.807, 2.05) is 0 Å². The van der Waals surface area contributed by atoms with Crippen LogP contribution in [0.3, 0.4) is 0 Å². The number of carbonyl (C=O) groups is 1. The van der Waals surface area contributed by atoms with Crippen LogP contribution in [0.4, 0.5) is 4.39 Å². The van der Waals surface area contributed by atoms with Gasteiger partial charge in [-0.2, -0.15) is 0 Å². The molecular formula is C12H15ClFNO4S. The number of hydrogen-bond acceptors (Lipinski definition) is 3. The van der Waals surface area contributed by atoms with Gasteiger partial charge in [-0.25, -0.2) is 17.5 Å². The first kappa shape index (κ1) is 16.9. The molecule has 2 N–H and O–H groups in total. The normalized spacial score (nSPS) is 13.2. The summed E-state index contributed by atoms with van der Waals surface area (Å²) in [5.74, 6) is -2.41. The number of rotatable bonds is 7. The minimum absolute atomic E-state index is 0.0437. The van der Waals surface area contributed by atoms with Crippen LogP contribution in [0.5, 0.6) is 0 Å². The summed E-state index contributed by atoms with van der Waals surface area (Å²) in [6.45, 7) is 1.58. The van der Waals surface area contributed by atoms with Crippen LogP contribution in [-0.2, 0) is 14.8 Å². The van der Waals surface area contributed by atoms with Crippen molar-refractivity contribution in [3.05, 3.63) is 29.0 Å². The average molecular weight is 324 g/mol. The molecule has 0 saturated carbocycles. The highest BCUT2D eigenvalue weighted by molar-refractivity contribution is 7.89. The van der Waals surface area contributed by atoms with Gasteiger partial charge in [0.2, 0.25) is 10.0 Å². The Morgan fingerprint density at radius 1 is 1.50 bits per heavy atom. The first-order chi connectivity index (χ1) is 9.24. The molecular weight excluding hydrogens is 309 g/mol. The predicted octanol–water partition coefficient (Wildman–Crippen LogP) is 2.26. The minimum atomic E-state index is -3.96. The SMILES string of the molecule is CC(CCCNS(=O)(=O)c1ccc(Cl)cc1F)C(=O)O. The van der Waals surface area contributed by atoms with Crippen molar-refractivity contribution in [1.29, 1.82) is 0 Å². The van der Waals surface area contributed by atoms with Gasteiger partial charge >= 0.3 is 5.97 Å². The van der Waals surface area contributed by atoms with E-state index in [-0.39, 0.29) is 11.6 Å². The first-order valence-corrected chi connectivity index (χ1v) is 7.77. The van der Waals surface area contributed by atoms with Crippen molar-refractivity contribution in [3.8, 4) is 0 Å². The summed E-state index contributed by atoms with van der Waals surface area (Å²) < 4.78 is 39.4. The van der Waals surface area contributed by atoms with Crippen LogP contribution in [0.15, 0.2) is 23.1 Å². The van der Waals surface area contributed by atoms with Crippen LogP contribution in [0.1, 0.15) is 19.8 Å². The van der Waals surface area contributed by atoms with E-state index in [1.165, 1.54) is 13.0 Å². The van der Waals surface area contributed by atoms with Crippen molar-refractivity contribution in [2.24, 2.45) is 5.92 Å². The van der Waals surface area contributed by atoms with Gasteiger partial charge < -0.3 is 5.11 Å². The van der Waals surface area contributed by atoms with Crippen molar-refractivity contribution >= 4 is 27.6 Å². The Hall–Kier alpha value is -1.18. The Morgan fingerprint density at radius 2 is 2.15 bits per heavy atom. The fourth-order valence-electron chi connectivity index (χ4n) is 1.51. The molecule has 1 unspecified atom stereocenters. The number of carboxylic acids is 1. The van der Waals surface area contributed by atoms with Crippen molar-refractivity contribution in [2.75, 3.05) is 6.54 Å². The summed E-state index contributed by atoms with van der Waals surface area (Å²) in [7, 11) is -3.96. The summed E-state index contributed by atoms with van der Waals surface area (Å²) in [5, 5.41) is 8.79. The highest BCUT2D eigenvalue weighted by atomic mass is 35.5. The zero-order valence-electron chi connectivity index (χ0n) is 10.8. The number of sulfonamides is 1. The highest BCUT2D eigenvalue weighted by Gasteiger charge is 2.19. The van der Waals surface area contributed by atoms with Crippen LogP contribution in [-0.4, -0.2) is 26.0 Å². The number of aliphatic carboxylic acids is 1. The standard InChI is InChI=1S/C12H15ClFNO4S/c1-8(12(16)17)3-2-6-15-20(18,19)11-5-4-9(13)7-10(11)14/h4-5,7-8,15H,2-3,6H2,1H3,(H,16,17). The summed E-state index contributed by atoms with van der Waals surface area (Å²) in [6, 6.07) is 3.29. The van der Waals surface area contributed by atoms with E-state index in [0.29, 0.717) is 12.8 Å². The molecule has 0 amide bonds. The molecule has 0 aliphatic carbocycles. The predicted molar refractivity (Wildman–Crippen MR) is 72.6 cm³/mol. The molecule has 0 aromatic heterocycles. The Balaban J connectivity index is 2.60. The molecule has 0 heterocycles. The molecule has 0 aliphatic heterocycles. The fraction of sp³-hybridized carbons (Fsp3) is 0.417. The molecule has 0 aliphatic rings. The maximum atomic E-state index is 13.5. The van der Waals surface area contributed by atoms with Crippen LogP contribution >= 0.6 is 11.6 Å². The molecule has 8 heteroatoms. The molecule has 1 atom stereocenters. The van der Waals surface area contributed by atoms with Crippen molar-refractivity contribution in [1.82, 2.24) is 4.72 Å². The molecule has 0 bridgehead atoms. The summed E-state index contributed by atoms with van der Waals surface area (Å²) in [6.07, 6.45) is 0.683.